The van der Waals surface area contributed by atoms with Gasteiger partial charge in [-0.25, -0.2) is 0 Å². The lowest BCUT2D eigenvalue weighted by atomic mass is 10.1. The molecule has 1 saturated heterocycles. The number of rotatable bonds is 4. The Bertz CT molecular complexity index is 1320. The minimum atomic E-state index is -0.0726. The molecule has 0 atom stereocenters. The number of aryl methyl sites for hydroxylation is 1. The largest absolute Gasteiger partial charge is 0.342 e. The van der Waals surface area contributed by atoms with Crippen LogP contribution in [0, 0.1) is 6.92 Å². The average molecular weight is 441 g/mol. The zero-order valence-electron chi connectivity index (χ0n) is 17.0. The van der Waals surface area contributed by atoms with E-state index in [9.17, 15) is 4.79 Å². The number of carbonyl (C=O) groups excluding carboxylic acids is 1. The van der Waals surface area contributed by atoms with Crippen molar-refractivity contribution in [2.24, 2.45) is 0 Å². The summed E-state index contributed by atoms with van der Waals surface area (Å²) in [6, 6.07) is 26.5. The number of hydrogen-bond donors (Lipinski definition) is 0. The number of amides is 1. The first-order valence-corrected chi connectivity index (χ1v) is 11.3. The average Bonchev–Trinajstić information content (AvgIpc) is 3.27. The molecule has 1 amide bonds. The second kappa shape index (κ2) is 8.17. The molecule has 0 saturated carbocycles. The summed E-state index contributed by atoms with van der Waals surface area (Å²) in [4.78, 5) is 15.4. The summed E-state index contributed by atoms with van der Waals surface area (Å²) in [5.74, 6) is -0.0726. The highest BCUT2D eigenvalue weighted by molar-refractivity contribution is 8.27. The van der Waals surface area contributed by atoms with Crippen LogP contribution in [0.4, 0.5) is 5.69 Å². The van der Waals surface area contributed by atoms with Gasteiger partial charge in [0.05, 0.1) is 10.6 Å². The van der Waals surface area contributed by atoms with Gasteiger partial charge in [0.2, 0.25) is 0 Å². The van der Waals surface area contributed by atoms with E-state index in [1.807, 2.05) is 48.5 Å². The lowest BCUT2D eigenvalue weighted by Gasteiger charge is -2.13. The topological polar surface area (TPSA) is 25.2 Å². The third-order valence-corrected chi connectivity index (χ3v) is 6.69. The Morgan fingerprint density at radius 2 is 1.65 bits per heavy atom. The summed E-state index contributed by atoms with van der Waals surface area (Å²) in [6.45, 7) is 2.87. The predicted molar refractivity (Wildman–Crippen MR) is 134 cm³/mol. The SMILES string of the molecule is Cc1ccc(Cn2cc(/C=C3/SC(=S)N(c4ccccc4)C3=O)c3ccccc32)cc1. The first-order chi connectivity index (χ1) is 15.1. The third-order valence-electron chi connectivity index (χ3n) is 5.39. The van der Waals surface area contributed by atoms with E-state index in [4.69, 9.17) is 12.2 Å². The molecule has 4 aromatic rings. The molecule has 3 nitrogen and oxygen atoms in total. The van der Waals surface area contributed by atoms with Gasteiger partial charge in [-0.05, 0) is 36.8 Å². The van der Waals surface area contributed by atoms with Crippen LogP contribution in [-0.4, -0.2) is 14.8 Å². The van der Waals surface area contributed by atoms with Crippen molar-refractivity contribution in [2.45, 2.75) is 13.5 Å². The van der Waals surface area contributed by atoms with Crippen LogP contribution in [-0.2, 0) is 11.3 Å². The van der Waals surface area contributed by atoms with Gasteiger partial charge < -0.3 is 4.57 Å². The minimum Gasteiger partial charge on any atom is -0.342 e. The molecule has 5 heteroatoms. The Hall–Kier alpha value is -3.15. The second-order valence-electron chi connectivity index (χ2n) is 7.57. The van der Waals surface area contributed by atoms with Gasteiger partial charge >= 0.3 is 0 Å². The predicted octanol–water partition coefficient (Wildman–Crippen LogP) is 6.40. The molecule has 1 aliphatic rings. The fourth-order valence-electron chi connectivity index (χ4n) is 3.82. The van der Waals surface area contributed by atoms with E-state index < -0.39 is 0 Å². The highest BCUT2D eigenvalue weighted by atomic mass is 32.2. The number of carbonyl (C=O) groups is 1. The number of thiocarbonyl (C=S) groups is 1. The molecule has 0 bridgehead atoms. The van der Waals surface area contributed by atoms with Gasteiger partial charge in [0.1, 0.15) is 0 Å². The Kier molecular flexibility index (Phi) is 5.22. The molecule has 152 valence electrons. The van der Waals surface area contributed by atoms with E-state index in [2.05, 4.69) is 54.1 Å². The minimum absolute atomic E-state index is 0.0726. The third kappa shape index (κ3) is 3.82. The van der Waals surface area contributed by atoms with Gasteiger partial charge in [0.25, 0.3) is 5.91 Å². The van der Waals surface area contributed by atoms with Gasteiger partial charge in [-0.2, -0.15) is 0 Å². The van der Waals surface area contributed by atoms with Crippen LogP contribution in [0.3, 0.4) is 0 Å². The molecule has 31 heavy (non-hydrogen) atoms. The summed E-state index contributed by atoms with van der Waals surface area (Å²) < 4.78 is 2.80. The van der Waals surface area contributed by atoms with Crippen LogP contribution in [0.25, 0.3) is 17.0 Å². The van der Waals surface area contributed by atoms with Gasteiger partial charge in [-0.1, -0.05) is 90.2 Å². The lowest BCUT2D eigenvalue weighted by molar-refractivity contribution is -0.113. The molecule has 0 N–H and O–H groups in total. The quantitative estimate of drug-likeness (QED) is 0.271. The normalized spacial score (nSPS) is 15.4. The van der Waals surface area contributed by atoms with Crippen molar-refractivity contribution in [3.63, 3.8) is 0 Å². The van der Waals surface area contributed by atoms with Crippen molar-refractivity contribution >= 4 is 56.9 Å². The highest BCUT2D eigenvalue weighted by Crippen LogP contribution is 2.37. The van der Waals surface area contributed by atoms with Crippen molar-refractivity contribution < 1.29 is 4.79 Å². The first-order valence-electron chi connectivity index (χ1n) is 10.1. The Balaban J connectivity index is 1.52. The van der Waals surface area contributed by atoms with Crippen molar-refractivity contribution in [2.75, 3.05) is 4.90 Å². The van der Waals surface area contributed by atoms with Crippen LogP contribution in [0.5, 0.6) is 0 Å². The summed E-state index contributed by atoms with van der Waals surface area (Å²) in [7, 11) is 0. The van der Waals surface area contributed by atoms with Gasteiger partial charge in [0.15, 0.2) is 4.32 Å². The first kappa shape index (κ1) is 19.8. The van der Waals surface area contributed by atoms with Crippen LogP contribution >= 0.6 is 24.0 Å². The number of aromatic nitrogens is 1. The maximum atomic E-state index is 13.1. The van der Waals surface area contributed by atoms with Gasteiger partial charge in [-0.15, -0.1) is 0 Å². The zero-order chi connectivity index (χ0) is 21.4. The van der Waals surface area contributed by atoms with Crippen molar-refractivity contribution in [1.29, 1.82) is 0 Å². The summed E-state index contributed by atoms with van der Waals surface area (Å²) in [6.07, 6.45) is 4.09. The number of anilines is 1. The molecular formula is C26H20N2OS2. The van der Waals surface area contributed by atoms with Crippen LogP contribution in [0.1, 0.15) is 16.7 Å². The van der Waals surface area contributed by atoms with Crippen molar-refractivity contribution in [3.05, 3.63) is 107 Å². The highest BCUT2D eigenvalue weighted by Gasteiger charge is 2.33. The lowest BCUT2D eigenvalue weighted by Crippen LogP contribution is -2.27. The van der Waals surface area contributed by atoms with E-state index in [-0.39, 0.29) is 5.91 Å². The zero-order valence-corrected chi connectivity index (χ0v) is 18.6. The maximum absolute atomic E-state index is 13.1. The molecule has 1 fully saturated rings. The molecule has 1 aliphatic heterocycles. The molecule has 0 radical (unpaired) electrons. The fourth-order valence-corrected chi connectivity index (χ4v) is 5.11. The van der Waals surface area contributed by atoms with Crippen LogP contribution < -0.4 is 4.90 Å². The van der Waals surface area contributed by atoms with E-state index in [0.29, 0.717) is 9.23 Å². The fraction of sp³-hybridized carbons (Fsp3) is 0.0769. The number of benzene rings is 3. The number of nitrogens with zero attached hydrogens (tertiary/aromatic N) is 2. The summed E-state index contributed by atoms with van der Waals surface area (Å²) in [5, 5.41) is 1.12. The number of thioether (sulfide) groups is 1. The summed E-state index contributed by atoms with van der Waals surface area (Å²) in [5.41, 5.74) is 5.47. The summed E-state index contributed by atoms with van der Waals surface area (Å²) >= 11 is 6.87. The van der Waals surface area contributed by atoms with Gasteiger partial charge in [-0.3, -0.25) is 9.69 Å². The monoisotopic (exact) mass is 440 g/mol. The van der Waals surface area contributed by atoms with E-state index in [1.54, 1.807) is 4.90 Å². The van der Waals surface area contributed by atoms with E-state index in [1.165, 1.54) is 22.9 Å². The molecule has 2 heterocycles. The standard InChI is InChI=1S/C26H20N2OS2/c1-18-11-13-19(14-12-18)16-27-17-20(22-9-5-6-10-23(22)27)15-24-25(29)28(26(30)31-24)21-7-3-2-4-8-21/h2-15,17H,16H2,1H3/b24-15+. The van der Waals surface area contributed by atoms with Crippen molar-refractivity contribution in [3.8, 4) is 0 Å². The molecular weight excluding hydrogens is 420 g/mol. The Morgan fingerprint density at radius 1 is 0.935 bits per heavy atom. The Morgan fingerprint density at radius 3 is 2.42 bits per heavy atom. The smallest absolute Gasteiger partial charge is 0.270 e. The second-order valence-corrected chi connectivity index (χ2v) is 9.24. The molecule has 1 aromatic heterocycles. The number of fused-ring (bicyclic) bond motifs is 1. The number of hydrogen-bond acceptors (Lipinski definition) is 3. The molecule has 0 unspecified atom stereocenters. The van der Waals surface area contributed by atoms with Gasteiger partial charge in [0, 0.05) is 29.2 Å². The molecule has 0 aliphatic carbocycles. The van der Waals surface area contributed by atoms with E-state index >= 15 is 0 Å². The molecule has 3 aromatic carbocycles. The molecule has 0 spiro atoms. The Labute approximate surface area is 191 Å². The van der Waals surface area contributed by atoms with E-state index in [0.717, 1.165) is 28.7 Å². The molecule has 5 rings (SSSR count). The van der Waals surface area contributed by atoms with Crippen LogP contribution in [0.15, 0.2) is 90.0 Å². The maximum Gasteiger partial charge on any atom is 0.270 e. The number of para-hydroxylation sites is 2. The van der Waals surface area contributed by atoms with Crippen molar-refractivity contribution in [1.82, 2.24) is 4.57 Å². The van der Waals surface area contributed by atoms with Crippen LogP contribution in [0.2, 0.25) is 0 Å².